The summed E-state index contributed by atoms with van der Waals surface area (Å²) < 4.78 is 5.45. The molecule has 0 saturated carbocycles. The zero-order chi connectivity index (χ0) is 14.6. The summed E-state index contributed by atoms with van der Waals surface area (Å²) in [5, 5.41) is 18.7. The van der Waals surface area contributed by atoms with Crippen LogP contribution >= 0.6 is 15.9 Å². The first-order valence-electron chi connectivity index (χ1n) is 5.63. The number of carbonyl (C=O) groups is 1. The zero-order valence-electron chi connectivity index (χ0n) is 10.9. The molecule has 0 unspecified atom stereocenters. The number of aromatic hydroxyl groups is 1. The molecule has 0 saturated heterocycles. The van der Waals surface area contributed by atoms with Gasteiger partial charge in [0.05, 0.1) is 17.2 Å². The zero-order valence-corrected chi connectivity index (χ0v) is 12.5. The minimum Gasteiger partial charge on any atom is -0.503 e. The second-order valence-electron chi connectivity index (χ2n) is 4.24. The monoisotopic (exact) mass is 323 g/mol. The summed E-state index contributed by atoms with van der Waals surface area (Å²) in [5.74, 6) is -0.206. The molecule has 19 heavy (non-hydrogen) atoms. The lowest BCUT2D eigenvalue weighted by Crippen LogP contribution is -2.08. The van der Waals surface area contributed by atoms with Gasteiger partial charge in [-0.05, 0) is 39.7 Å². The third-order valence-corrected chi connectivity index (χ3v) is 3.10. The highest BCUT2D eigenvalue weighted by Crippen LogP contribution is 2.35. The second kappa shape index (κ2) is 6.39. The van der Waals surface area contributed by atoms with Crippen LogP contribution in [0.3, 0.4) is 0 Å². The summed E-state index contributed by atoms with van der Waals surface area (Å²) in [7, 11) is 1.43. The molecule has 0 radical (unpaired) electrons. The summed E-state index contributed by atoms with van der Waals surface area (Å²) >= 11 is 3.19. The predicted molar refractivity (Wildman–Crippen MR) is 75.8 cm³/mol. The van der Waals surface area contributed by atoms with Crippen molar-refractivity contribution in [3.8, 4) is 17.6 Å². The molecule has 1 aromatic carbocycles. The Morgan fingerprint density at radius 1 is 1.53 bits per heavy atom. The molecule has 0 aromatic heterocycles. The SMILES string of the molecule is COc1cc(/C=C(/C#N)C(=O)C(C)C)cc(Br)c1O. The molecular formula is C14H14BrNO3. The first-order valence-corrected chi connectivity index (χ1v) is 6.42. The van der Waals surface area contributed by atoms with Gasteiger partial charge >= 0.3 is 0 Å². The fourth-order valence-electron chi connectivity index (χ4n) is 1.47. The van der Waals surface area contributed by atoms with E-state index in [9.17, 15) is 9.90 Å². The molecule has 0 fully saturated rings. The molecule has 1 N–H and O–H groups in total. The van der Waals surface area contributed by atoms with Crippen LogP contribution in [0.25, 0.3) is 6.08 Å². The molecule has 0 aliphatic rings. The molecule has 0 atom stereocenters. The minimum atomic E-state index is -0.242. The number of Topliss-reactive ketones (excluding diaryl/α,β-unsaturated/α-hetero) is 1. The second-order valence-corrected chi connectivity index (χ2v) is 5.10. The molecule has 0 heterocycles. The fourth-order valence-corrected chi connectivity index (χ4v) is 1.93. The molecule has 0 aliphatic heterocycles. The lowest BCUT2D eigenvalue weighted by molar-refractivity contribution is -0.117. The van der Waals surface area contributed by atoms with Crippen molar-refractivity contribution in [1.82, 2.24) is 0 Å². The first-order chi connectivity index (χ1) is 8.90. The van der Waals surface area contributed by atoms with Gasteiger partial charge in [0.2, 0.25) is 0 Å². The van der Waals surface area contributed by atoms with E-state index in [1.54, 1.807) is 26.0 Å². The smallest absolute Gasteiger partial charge is 0.175 e. The number of phenols is 1. The van der Waals surface area contributed by atoms with Gasteiger partial charge < -0.3 is 9.84 Å². The summed E-state index contributed by atoms with van der Waals surface area (Å²) in [5.41, 5.74) is 0.682. The van der Waals surface area contributed by atoms with Crippen molar-refractivity contribution in [3.05, 3.63) is 27.7 Å². The number of hydrogen-bond donors (Lipinski definition) is 1. The molecule has 1 rings (SSSR count). The van der Waals surface area contributed by atoms with Crippen LogP contribution in [0, 0.1) is 17.2 Å². The van der Waals surface area contributed by atoms with Gasteiger partial charge in [-0.2, -0.15) is 5.26 Å². The maximum atomic E-state index is 11.8. The summed E-state index contributed by atoms with van der Waals surface area (Å²) in [6.45, 7) is 3.47. The van der Waals surface area contributed by atoms with Crippen LogP contribution in [0.5, 0.6) is 11.5 Å². The van der Waals surface area contributed by atoms with Gasteiger partial charge in [0.25, 0.3) is 0 Å². The highest BCUT2D eigenvalue weighted by molar-refractivity contribution is 9.10. The van der Waals surface area contributed by atoms with E-state index in [2.05, 4.69) is 15.9 Å². The molecule has 0 amide bonds. The predicted octanol–water partition coefficient (Wildman–Crippen LogP) is 3.30. The minimum absolute atomic E-state index is 0.0201. The van der Waals surface area contributed by atoms with E-state index in [4.69, 9.17) is 10.00 Å². The number of allylic oxidation sites excluding steroid dienone is 1. The van der Waals surface area contributed by atoms with Crippen LogP contribution in [-0.2, 0) is 4.79 Å². The maximum absolute atomic E-state index is 11.8. The average Bonchev–Trinajstić information content (AvgIpc) is 2.38. The first kappa shape index (κ1) is 15.3. The van der Waals surface area contributed by atoms with Gasteiger partial charge in [0.15, 0.2) is 17.3 Å². The summed E-state index contributed by atoms with van der Waals surface area (Å²) in [4.78, 5) is 11.8. The third kappa shape index (κ3) is 3.58. The Labute approximate surface area is 120 Å². The van der Waals surface area contributed by atoms with Crippen molar-refractivity contribution in [2.75, 3.05) is 7.11 Å². The normalized spacial score (nSPS) is 11.3. The largest absolute Gasteiger partial charge is 0.503 e. The van der Waals surface area contributed by atoms with E-state index in [-0.39, 0.29) is 28.8 Å². The number of methoxy groups -OCH3 is 1. The van der Waals surface area contributed by atoms with Gasteiger partial charge in [-0.15, -0.1) is 0 Å². The lowest BCUT2D eigenvalue weighted by Gasteiger charge is -2.07. The average molecular weight is 324 g/mol. The summed E-state index contributed by atoms with van der Waals surface area (Å²) in [6.07, 6.45) is 1.48. The lowest BCUT2D eigenvalue weighted by atomic mass is 10.00. The van der Waals surface area contributed by atoms with E-state index in [1.807, 2.05) is 6.07 Å². The highest BCUT2D eigenvalue weighted by atomic mass is 79.9. The topological polar surface area (TPSA) is 70.3 Å². The van der Waals surface area contributed by atoms with E-state index >= 15 is 0 Å². The number of carbonyl (C=O) groups excluding carboxylic acids is 1. The number of benzene rings is 1. The third-order valence-electron chi connectivity index (χ3n) is 2.49. The van der Waals surface area contributed by atoms with Gasteiger partial charge in [0, 0.05) is 5.92 Å². The van der Waals surface area contributed by atoms with Gasteiger partial charge in [0.1, 0.15) is 6.07 Å². The number of rotatable bonds is 4. The number of ether oxygens (including phenoxy) is 1. The fraction of sp³-hybridized carbons (Fsp3) is 0.286. The standard InChI is InChI=1S/C14H14BrNO3/c1-8(2)13(17)10(7-16)4-9-5-11(15)14(18)12(6-9)19-3/h4-6,8,18H,1-3H3/b10-4-. The Morgan fingerprint density at radius 2 is 2.16 bits per heavy atom. The van der Waals surface area contributed by atoms with E-state index < -0.39 is 0 Å². The van der Waals surface area contributed by atoms with E-state index in [0.717, 1.165) is 0 Å². The van der Waals surface area contributed by atoms with Crippen molar-refractivity contribution >= 4 is 27.8 Å². The Bertz CT molecular complexity index is 571. The van der Waals surface area contributed by atoms with Gasteiger partial charge in [-0.25, -0.2) is 0 Å². The molecule has 1 aromatic rings. The van der Waals surface area contributed by atoms with Crippen LogP contribution in [-0.4, -0.2) is 18.0 Å². The molecule has 5 heteroatoms. The van der Waals surface area contributed by atoms with Crippen molar-refractivity contribution < 1.29 is 14.6 Å². The van der Waals surface area contributed by atoms with Crippen molar-refractivity contribution in [3.63, 3.8) is 0 Å². The van der Waals surface area contributed by atoms with Crippen molar-refractivity contribution in [2.45, 2.75) is 13.8 Å². The molecule has 0 spiro atoms. The highest BCUT2D eigenvalue weighted by Gasteiger charge is 2.14. The number of halogens is 1. The van der Waals surface area contributed by atoms with Crippen molar-refractivity contribution in [1.29, 1.82) is 5.26 Å². The van der Waals surface area contributed by atoms with Crippen LogP contribution < -0.4 is 4.74 Å². The van der Waals surface area contributed by atoms with E-state index in [1.165, 1.54) is 13.2 Å². The molecular weight excluding hydrogens is 310 g/mol. The van der Waals surface area contributed by atoms with Crippen LogP contribution in [0.15, 0.2) is 22.2 Å². The number of nitrogens with zero attached hydrogens (tertiary/aromatic N) is 1. The van der Waals surface area contributed by atoms with Crippen LogP contribution in [0.2, 0.25) is 0 Å². The van der Waals surface area contributed by atoms with Crippen LogP contribution in [0.1, 0.15) is 19.4 Å². The molecule has 0 bridgehead atoms. The number of hydrogen-bond acceptors (Lipinski definition) is 4. The Morgan fingerprint density at radius 3 is 2.63 bits per heavy atom. The summed E-state index contributed by atoms with van der Waals surface area (Å²) in [6, 6.07) is 5.07. The quantitative estimate of drug-likeness (QED) is 0.681. The maximum Gasteiger partial charge on any atom is 0.175 e. The molecule has 4 nitrogen and oxygen atoms in total. The van der Waals surface area contributed by atoms with Crippen LogP contribution in [0.4, 0.5) is 0 Å². The number of phenolic OH excluding ortho intramolecular Hbond substituents is 1. The van der Waals surface area contributed by atoms with Crippen molar-refractivity contribution in [2.24, 2.45) is 5.92 Å². The Balaban J connectivity index is 3.28. The molecule has 0 aliphatic carbocycles. The Hall–Kier alpha value is -1.80. The van der Waals surface area contributed by atoms with Gasteiger partial charge in [-0.1, -0.05) is 13.8 Å². The van der Waals surface area contributed by atoms with E-state index in [0.29, 0.717) is 10.0 Å². The van der Waals surface area contributed by atoms with Gasteiger partial charge in [-0.3, -0.25) is 4.79 Å². The molecule has 100 valence electrons. The number of nitriles is 1. The number of ketones is 1. The Kier molecular flexibility index (Phi) is 5.13.